The summed E-state index contributed by atoms with van der Waals surface area (Å²) in [5.41, 5.74) is 0. The Morgan fingerprint density at radius 1 is 1.10 bits per heavy atom. The first-order chi connectivity index (χ1) is 9.63. The van der Waals surface area contributed by atoms with Gasteiger partial charge in [0.1, 0.15) is 0 Å². The number of carbonyl (C=O) groups is 2. The minimum absolute atomic E-state index is 0.0601. The van der Waals surface area contributed by atoms with Crippen molar-refractivity contribution < 1.29 is 14.7 Å². The molecule has 2 rings (SSSR count). The quantitative estimate of drug-likeness (QED) is 0.840. The zero-order valence-electron chi connectivity index (χ0n) is 12.4. The molecular formula is C15H26N2O3. The van der Waals surface area contributed by atoms with Crippen molar-refractivity contribution in [3.63, 3.8) is 0 Å². The molecule has 2 fully saturated rings. The van der Waals surface area contributed by atoms with E-state index in [1.807, 2.05) is 9.80 Å². The number of aliphatic hydroxyl groups is 1. The van der Waals surface area contributed by atoms with Crippen molar-refractivity contribution in [3.05, 3.63) is 0 Å². The van der Waals surface area contributed by atoms with Gasteiger partial charge in [0, 0.05) is 45.1 Å². The molecule has 2 saturated heterocycles. The molecule has 1 atom stereocenters. The van der Waals surface area contributed by atoms with E-state index >= 15 is 0 Å². The number of hydrogen-bond donors (Lipinski definition) is 1. The van der Waals surface area contributed by atoms with E-state index in [1.165, 1.54) is 0 Å². The molecule has 20 heavy (non-hydrogen) atoms. The number of likely N-dealkylation sites (tertiary alicyclic amines) is 2. The summed E-state index contributed by atoms with van der Waals surface area (Å²) in [6, 6.07) is 0.215. The lowest BCUT2D eigenvalue weighted by Crippen LogP contribution is -2.49. The summed E-state index contributed by atoms with van der Waals surface area (Å²) in [5, 5.41) is 9.14. The highest BCUT2D eigenvalue weighted by Gasteiger charge is 2.33. The van der Waals surface area contributed by atoms with Crippen LogP contribution in [-0.2, 0) is 9.59 Å². The van der Waals surface area contributed by atoms with Crippen LogP contribution in [0.15, 0.2) is 0 Å². The Morgan fingerprint density at radius 2 is 1.80 bits per heavy atom. The van der Waals surface area contributed by atoms with Crippen molar-refractivity contribution in [2.45, 2.75) is 51.5 Å². The van der Waals surface area contributed by atoms with Gasteiger partial charge in [-0.2, -0.15) is 0 Å². The van der Waals surface area contributed by atoms with E-state index in [0.717, 1.165) is 38.6 Å². The van der Waals surface area contributed by atoms with Crippen LogP contribution in [0.1, 0.15) is 45.4 Å². The van der Waals surface area contributed by atoms with E-state index in [-0.39, 0.29) is 30.4 Å². The van der Waals surface area contributed by atoms with Crippen LogP contribution >= 0.6 is 0 Å². The Balaban J connectivity index is 1.91. The molecule has 0 saturated carbocycles. The maximum atomic E-state index is 12.7. The van der Waals surface area contributed by atoms with E-state index in [2.05, 4.69) is 0 Å². The topological polar surface area (TPSA) is 60.9 Å². The largest absolute Gasteiger partial charge is 0.396 e. The van der Waals surface area contributed by atoms with E-state index < -0.39 is 0 Å². The van der Waals surface area contributed by atoms with Crippen molar-refractivity contribution in [3.8, 4) is 0 Å². The van der Waals surface area contributed by atoms with E-state index in [9.17, 15) is 9.59 Å². The van der Waals surface area contributed by atoms with Crippen molar-refractivity contribution >= 4 is 11.8 Å². The minimum atomic E-state index is 0.0601. The molecule has 0 aromatic carbocycles. The zero-order valence-corrected chi connectivity index (χ0v) is 12.4. The number of rotatable bonds is 3. The van der Waals surface area contributed by atoms with Crippen LogP contribution in [0.3, 0.4) is 0 Å². The number of nitrogens with zero attached hydrogens (tertiary/aromatic N) is 2. The normalized spacial score (nSPS) is 24.8. The molecule has 1 unspecified atom stereocenters. The second kappa shape index (κ2) is 7.07. The Bertz CT molecular complexity index is 349. The van der Waals surface area contributed by atoms with Gasteiger partial charge in [-0.25, -0.2) is 0 Å². The van der Waals surface area contributed by atoms with Gasteiger partial charge in [0.2, 0.25) is 11.8 Å². The second-order valence-corrected chi connectivity index (χ2v) is 5.97. The van der Waals surface area contributed by atoms with Crippen LogP contribution in [0.25, 0.3) is 0 Å². The minimum Gasteiger partial charge on any atom is -0.396 e. The summed E-state index contributed by atoms with van der Waals surface area (Å²) in [7, 11) is 0. The Labute approximate surface area is 120 Å². The summed E-state index contributed by atoms with van der Waals surface area (Å²) >= 11 is 0. The van der Waals surface area contributed by atoms with Crippen molar-refractivity contribution in [2.75, 3.05) is 26.2 Å². The molecule has 2 amide bonds. The smallest absolute Gasteiger partial charge is 0.226 e. The number of amides is 2. The van der Waals surface area contributed by atoms with Crippen LogP contribution in [0, 0.1) is 5.92 Å². The van der Waals surface area contributed by atoms with Gasteiger partial charge >= 0.3 is 0 Å². The molecule has 2 aliphatic rings. The third kappa shape index (κ3) is 3.51. The fourth-order valence-electron chi connectivity index (χ4n) is 3.42. The molecule has 5 nitrogen and oxygen atoms in total. The molecule has 0 aromatic heterocycles. The van der Waals surface area contributed by atoms with Gasteiger partial charge in [-0.3, -0.25) is 9.59 Å². The van der Waals surface area contributed by atoms with Crippen LogP contribution in [0.2, 0.25) is 0 Å². The monoisotopic (exact) mass is 282 g/mol. The van der Waals surface area contributed by atoms with Gasteiger partial charge in [-0.05, 0) is 38.5 Å². The maximum absolute atomic E-state index is 12.7. The SMILES string of the molecule is CC(=O)N1CCC(C(=O)N2CCCCC2CCO)CC1. The lowest BCUT2D eigenvalue weighted by Gasteiger charge is -2.39. The van der Waals surface area contributed by atoms with Gasteiger partial charge in [-0.1, -0.05) is 0 Å². The van der Waals surface area contributed by atoms with Gasteiger partial charge in [-0.15, -0.1) is 0 Å². The average Bonchev–Trinajstić information content (AvgIpc) is 2.47. The summed E-state index contributed by atoms with van der Waals surface area (Å²) < 4.78 is 0. The third-order valence-corrected chi connectivity index (χ3v) is 4.66. The molecule has 114 valence electrons. The Hall–Kier alpha value is -1.10. The van der Waals surface area contributed by atoms with Crippen LogP contribution in [0.4, 0.5) is 0 Å². The average molecular weight is 282 g/mol. The Morgan fingerprint density at radius 3 is 2.40 bits per heavy atom. The summed E-state index contributed by atoms with van der Waals surface area (Å²) in [6.45, 7) is 3.96. The summed E-state index contributed by atoms with van der Waals surface area (Å²) in [4.78, 5) is 27.8. The third-order valence-electron chi connectivity index (χ3n) is 4.66. The highest BCUT2D eigenvalue weighted by Crippen LogP contribution is 2.26. The van der Waals surface area contributed by atoms with Gasteiger partial charge < -0.3 is 14.9 Å². The van der Waals surface area contributed by atoms with Crippen molar-refractivity contribution in [2.24, 2.45) is 5.92 Å². The number of aliphatic hydroxyl groups excluding tert-OH is 1. The molecule has 0 aliphatic carbocycles. The van der Waals surface area contributed by atoms with E-state index in [0.29, 0.717) is 19.5 Å². The van der Waals surface area contributed by atoms with Crippen LogP contribution in [0.5, 0.6) is 0 Å². The molecule has 2 heterocycles. The lowest BCUT2D eigenvalue weighted by molar-refractivity contribution is -0.143. The number of carbonyl (C=O) groups excluding carboxylic acids is 2. The molecule has 0 spiro atoms. The van der Waals surface area contributed by atoms with Crippen molar-refractivity contribution in [1.29, 1.82) is 0 Å². The molecule has 0 bridgehead atoms. The maximum Gasteiger partial charge on any atom is 0.226 e. The summed E-state index contributed by atoms with van der Waals surface area (Å²) in [5.74, 6) is 0.406. The molecule has 0 radical (unpaired) electrons. The first-order valence-electron chi connectivity index (χ1n) is 7.80. The van der Waals surface area contributed by atoms with E-state index in [4.69, 9.17) is 5.11 Å². The van der Waals surface area contributed by atoms with Gasteiger partial charge in [0.25, 0.3) is 0 Å². The summed E-state index contributed by atoms with van der Waals surface area (Å²) in [6.07, 6.45) is 5.48. The number of hydrogen-bond acceptors (Lipinski definition) is 3. The van der Waals surface area contributed by atoms with E-state index in [1.54, 1.807) is 6.92 Å². The Kier molecular flexibility index (Phi) is 5.40. The molecule has 5 heteroatoms. The first-order valence-corrected chi connectivity index (χ1v) is 7.80. The van der Waals surface area contributed by atoms with Crippen molar-refractivity contribution in [1.82, 2.24) is 9.80 Å². The molecular weight excluding hydrogens is 256 g/mol. The lowest BCUT2D eigenvalue weighted by atomic mass is 9.92. The first kappa shape index (κ1) is 15.3. The predicted molar refractivity (Wildman–Crippen MR) is 76.0 cm³/mol. The standard InChI is InChI=1S/C15H26N2O3/c1-12(19)16-9-5-13(6-10-16)15(20)17-8-3-2-4-14(17)7-11-18/h13-14,18H,2-11H2,1H3. The second-order valence-electron chi connectivity index (χ2n) is 5.97. The van der Waals surface area contributed by atoms with Crippen LogP contribution < -0.4 is 0 Å². The zero-order chi connectivity index (χ0) is 14.5. The van der Waals surface area contributed by atoms with Gasteiger partial charge in [0.05, 0.1) is 0 Å². The molecule has 2 aliphatic heterocycles. The predicted octanol–water partition coefficient (Wildman–Crippen LogP) is 1.01. The highest BCUT2D eigenvalue weighted by atomic mass is 16.3. The molecule has 1 N–H and O–H groups in total. The number of piperidine rings is 2. The fourth-order valence-corrected chi connectivity index (χ4v) is 3.42. The molecule has 0 aromatic rings. The van der Waals surface area contributed by atoms with Gasteiger partial charge in [0.15, 0.2) is 0 Å². The highest BCUT2D eigenvalue weighted by molar-refractivity contribution is 5.80. The van der Waals surface area contributed by atoms with Crippen LogP contribution in [-0.4, -0.2) is 59.0 Å². The fraction of sp³-hybridized carbons (Fsp3) is 0.867.